The van der Waals surface area contributed by atoms with E-state index in [-0.39, 0.29) is 0 Å². The van der Waals surface area contributed by atoms with Crippen LogP contribution < -0.4 is 5.32 Å². The van der Waals surface area contributed by atoms with E-state index in [0.29, 0.717) is 6.04 Å². The van der Waals surface area contributed by atoms with Gasteiger partial charge in [-0.15, -0.1) is 0 Å². The predicted octanol–water partition coefficient (Wildman–Crippen LogP) is 4.65. The van der Waals surface area contributed by atoms with Gasteiger partial charge in [0.15, 0.2) is 0 Å². The van der Waals surface area contributed by atoms with Gasteiger partial charge in [-0.25, -0.2) is 9.97 Å². The molecule has 3 aromatic rings. The van der Waals surface area contributed by atoms with Crippen LogP contribution in [0.4, 0.5) is 11.6 Å². The van der Waals surface area contributed by atoms with E-state index in [1.54, 1.807) is 0 Å². The molecule has 0 saturated carbocycles. The van der Waals surface area contributed by atoms with Crippen LogP contribution in [-0.2, 0) is 6.54 Å². The Morgan fingerprint density at radius 2 is 1.93 bits per heavy atom. The largest absolute Gasteiger partial charge is 0.325 e. The molecular formula is C22H25N5. The molecule has 0 aromatic carbocycles. The summed E-state index contributed by atoms with van der Waals surface area (Å²) in [5.74, 6) is 1.65. The molecular weight excluding hydrogens is 334 g/mol. The van der Waals surface area contributed by atoms with Crippen molar-refractivity contribution in [1.82, 2.24) is 19.9 Å². The Kier molecular flexibility index (Phi) is 5.39. The van der Waals surface area contributed by atoms with Crippen LogP contribution >= 0.6 is 0 Å². The van der Waals surface area contributed by atoms with Gasteiger partial charge in [0.2, 0.25) is 0 Å². The normalized spacial score (nSPS) is 17.6. The summed E-state index contributed by atoms with van der Waals surface area (Å²) in [6, 6.07) is 14.8. The number of aryl methyl sites for hydroxylation is 1. The van der Waals surface area contributed by atoms with Crippen LogP contribution in [0.1, 0.15) is 42.1 Å². The number of aromatic nitrogens is 3. The smallest absolute Gasteiger partial charge is 0.131 e. The standard InChI is InChI=1S/C22H25N5/c1-17-5-4-7-22(25-17)26-21-9-8-19(15-24-21)20-6-2-3-14-27(20)16-18-10-12-23-13-11-18/h4-5,7-13,15,20H,2-3,6,14,16H2,1H3,(H,24,25,26)/t20-/m1/s1. The van der Waals surface area contributed by atoms with E-state index in [9.17, 15) is 0 Å². The van der Waals surface area contributed by atoms with Crippen molar-refractivity contribution in [2.24, 2.45) is 0 Å². The van der Waals surface area contributed by atoms with Crippen molar-refractivity contribution >= 4 is 11.6 Å². The van der Waals surface area contributed by atoms with Crippen LogP contribution in [0.25, 0.3) is 0 Å². The van der Waals surface area contributed by atoms with Crippen molar-refractivity contribution in [3.8, 4) is 0 Å². The molecule has 1 aliphatic heterocycles. The topological polar surface area (TPSA) is 53.9 Å². The molecule has 27 heavy (non-hydrogen) atoms. The zero-order valence-electron chi connectivity index (χ0n) is 15.7. The summed E-state index contributed by atoms with van der Waals surface area (Å²) in [5, 5.41) is 3.28. The molecule has 1 fully saturated rings. The van der Waals surface area contributed by atoms with Gasteiger partial charge in [0, 0.05) is 36.9 Å². The Labute approximate surface area is 160 Å². The fraction of sp³-hybridized carbons (Fsp3) is 0.318. The second-order valence-corrected chi connectivity index (χ2v) is 7.10. The van der Waals surface area contributed by atoms with Gasteiger partial charge >= 0.3 is 0 Å². The lowest BCUT2D eigenvalue weighted by Gasteiger charge is -2.36. The molecule has 0 aliphatic carbocycles. The summed E-state index contributed by atoms with van der Waals surface area (Å²) < 4.78 is 0. The maximum atomic E-state index is 4.63. The fourth-order valence-electron chi connectivity index (χ4n) is 3.70. The van der Waals surface area contributed by atoms with E-state index < -0.39 is 0 Å². The van der Waals surface area contributed by atoms with Gasteiger partial charge in [0.1, 0.15) is 11.6 Å². The Hall–Kier alpha value is -2.79. The van der Waals surface area contributed by atoms with Crippen LogP contribution in [-0.4, -0.2) is 26.4 Å². The molecule has 4 rings (SSSR count). The SMILES string of the molecule is Cc1cccc(Nc2ccc([C@H]3CCCCN3Cc3ccncc3)cn2)n1. The molecule has 5 nitrogen and oxygen atoms in total. The number of anilines is 2. The molecule has 1 N–H and O–H groups in total. The first-order valence-electron chi connectivity index (χ1n) is 9.57. The molecule has 1 saturated heterocycles. The third-order valence-electron chi connectivity index (χ3n) is 5.06. The lowest BCUT2D eigenvalue weighted by atomic mass is 9.96. The lowest BCUT2D eigenvalue weighted by Crippen LogP contribution is -2.33. The zero-order valence-corrected chi connectivity index (χ0v) is 15.7. The Morgan fingerprint density at radius 3 is 2.70 bits per heavy atom. The molecule has 1 aliphatic rings. The highest BCUT2D eigenvalue weighted by Gasteiger charge is 2.24. The second kappa shape index (κ2) is 8.27. The summed E-state index contributed by atoms with van der Waals surface area (Å²) in [5.41, 5.74) is 3.59. The average Bonchev–Trinajstić information content (AvgIpc) is 2.70. The van der Waals surface area contributed by atoms with Gasteiger partial charge in [-0.2, -0.15) is 0 Å². The number of rotatable bonds is 5. The molecule has 3 aromatic heterocycles. The minimum Gasteiger partial charge on any atom is -0.325 e. The molecule has 0 amide bonds. The van der Waals surface area contributed by atoms with Crippen LogP contribution in [0.5, 0.6) is 0 Å². The maximum Gasteiger partial charge on any atom is 0.131 e. The number of piperidine rings is 1. The number of nitrogens with one attached hydrogen (secondary N) is 1. The van der Waals surface area contributed by atoms with Gasteiger partial charge in [0.25, 0.3) is 0 Å². The van der Waals surface area contributed by atoms with Crippen molar-refractivity contribution in [1.29, 1.82) is 0 Å². The minimum atomic E-state index is 0.422. The van der Waals surface area contributed by atoms with E-state index >= 15 is 0 Å². The number of hydrogen-bond acceptors (Lipinski definition) is 5. The quantitative estimate of drug-likeness (QED) is 0.718. The second-order valence-electron chi connectivity index (χ2n) is 7.10. The number of hydrogen-bond donors (Lipinski definition) is 1. The highest BCUT2D eigenvalue weighted by Crippen LogP contribution is 2.32. The van der Waals surface area contributed by atoms with Crippen molar-refractivity contribution in [3.63, 3.8) is 0 Å². The summed E-state index contributed by atoms with van der Waals surface area (Å²) in [7, 11) is 0. The van der Waals surface area contributed by atoms with E-state index in [0.717, 1.165) is 30.4 Å². The van der Waals surface area contributed by atoms with Crippen LogP contribution in [0, 0.1) is 6.92 Å². The summed E-state index contributed by atoms with van der Waals surface area (Å²) in [6.45, 7) is 4.07. The summed E-state index contributed by atoms with van der Waals surface area (Å²) in [6.07, 6.45) is 9.45. The van der Waals surface area contributed by atoms with Gasteiger partial charge < -0.3 is 5.32 Å². The molecule has 0 bridgehead atoms. The van der Waals surface area contributed by atoms with Gasteiger partial charge in [-0.05, 0) is 67.8 Å². The van der Waals surface area contributed by atoms with Crippen molar-refractivity contribution in [2.75, 3.05) is 11.9 Å². The number of likely N-dealkylation sites (tertiary alicyclic amines) is 1. The molecule has 1 atom stereocenters. The number of nitrogens with zero attached hydrogens (tertiary/aromatic N) is 4. The van der Waals surface area contributed by atoms with Crippen molar-refractivity contribution in [2.45, 2.75) is 38.8 Å². The highest BCUT2D eigenvalue weighted by atomic mass is 15.2. The first-order valence-corrected chi connectivity index (χ1v) is 9.57. The monoisotopic (exact) mass is 359 g/mol. The fourth-order valence-corrected chi connectivity index (χ4v) is 3.70. The van der Waals surface area contributed by atoms with Crippen molar-refractivity contribution in [3.05, 3.63) is 77.9 Å². The van der Waals surface area contributed by atoms with Crippen LogP contribution in [0.15, 0.2) is 61.1 Å². The first kappa shape index (κ1) is 17.6. The van der Waals surface area contributed by atoms with Crippen LogP contribution in [0.2, 0.25) is 0 Å². The third-order valence-corrected chi connectivity index (χ3v) is 5.06. The molecule has 0 radical (unpaired) electrons. The molecule has 5 heteroatoms. The average molecular weight is 359 g/mol. The van der Waals surface area contributed by atoms with E-state index in [4.69, 9.17) is 0 Å². The third kappa shape index (κ3) is 4.49. The van der Waals surface area contributed by atoms with Gasteiger partial charge in [-0.3, -0.25) is 9.88 Å². The molecule has 0 spiro atoms. The first-order chi connectivity index (χ1) is 13.3. The Morgan fingerprint density at radius 1 is 1.04 bits per heavy atom. The van der Waals surface area contributed by atoms with E-state index in [1.165, 1.54) is 30.4 Å². The molecule has 0 unspecified atom stereocenters. The number of pyridine rings is 3. The van der Waals surface area contributed by atoms with Gasteiger partial charge in [0.05, 0.1) is 0 Å². The van der Waals surface area contributed by atoms with E-state index in [2.05, 4.69) is 49.4 Å². The molecule has 138 valence electrons. The van der Waals surface area contributed by atoms with E-state index in [1.807, 2.05) is 43.7 Å². The lowest BCUT2D eigenvalue weighted by molar-refractivity contribution is 0.140. The zero-order chi connectivity index (χ0) is 18.5. The minimum absolute atomic E-state index is 0.422. The predicted molar refractivity (Wildman–Crippen MR) is 108 cm³/mol. The highest BCUT2D eigenvalue weighted by molar-refractivity contribution is 5.51. The van der Waals surface area contributed by atoms with Crippen LogP contribution in [0.3, 0.4) is 0 Å². The Balaban J connectivity index is 1.47. The molecule has 4 heterocycles. The summed E-state index contributed by atoms with van der Waals surface area (Å²) >= 11 is 0. The summed E-state index contributed by atoms with van der Waals surface area (Å²) in [4.78, 5) is 15.8. The van der Waals surface area contributed by atoms with Crippen molar-refractivity contribution < 1.29 is 0 Å². The Bertz CT molecular complexity index is 863. The van der Waals surface area contributed by atoms with Gasteiger partial charge in [-0.1, -0.05) is 18.6 Å². The maximum absolute atomic E-state index is 4.63.